The third-order valence-electron chi connectivity index (χ3n) is 2.26. The summed E-state index contributed by atoms with van der Waals surface area (Å²) >= 11 is 3.15. The molecule has 0 saturated carbocycles. The van der Waals surface area contributed by atoms with Gasteiger partial charge in [-0.3, -0.25) is 4.79 Å². The zero-order valence-corrected chi connectivity index (χ0v) is 11.1. The van der Waals surface area contributed by atoms with Crippen molar-refractivity contribution < 1.29 is 14.7 Å². The van der Waals surface area contributed by atoms with Gasteiger partial charge in [0.2, 0.25) is 0 Å². The molecule has 0 aliphatic rings. The van der Waals surface area contributed by atoms with Gasteiger partial charge in [0.1, 0.15) is 16.0 Å². The number of pyridine rings is 2. The van der Waals surface area contributed by atoms with Gasteiger partial charge in [0, 0.05) is 18.0 Å². The fourth-order valence-corrected chi connectivity index (χ4v) is 1.77. The van der Waals surface area contributed by atoms with Crippen molar-refractivity contribution in [3.8, 4) is 0 Å². The van der Waals surface area contributed by atoms with Gasteiger partial charge in [0.25, 0.3) is 5.91 Å². The standard InChI is InChI=1S/C12H8BrN3O3/c13-9-6-7(3-5-14-9)11(17)16-10-8(12(18)19)2-1-4-15-10/h1-6H,(H,18,19)(H,15,16,17). The second-order valence-electron chi connectivity index (χ2n) is 3.53. The highest BCUT2D eigenvalue weighted by Gasteiger charge is 2.14. The van der Waals surface area contributed by atoms with Crippen LogP contribution in [-0.2, 0) is 0 Å². The average Bonchev–Trinajstić information content (AvgIpc) is 2.39. The molecule has 1 amide bonds. The van der Waals surface area contributed by atoms with Crippen LogP contribution in [0.5, 0.6) is 0 Å². The zero-order chi connectivity index (χ0) is 13.8. The van der Waals surface area contributed by atoms with Gasteiger partial charge in [-0.05, 0) is 40.2 Å². The molecule has 2 rings (SSSR count). The van der Waals surface area contributed by atoms with Crippen molar-refractivity contribution in [2.24, 2.45) is 0 Å². The van der Waals surface area contributed by atoms with E-state index in [1.807, 2.05) is 0 Å². The Hall–Kier alpha value is -2.28. The van der Waals surface area contributed by atoms with E-state index in [0.29, 0.717) is 10.2 Å². The summed E-state index contributed by atoms with van der Waals surface area (Å²) in [5.41, 5.74) is 0.285. The van der Waals surface area contributed by atoms with Crippen molar-refractivity contribution in [2.75, 3.05) is 5.32 Å². The number of carbonyl (C=O) groups excluding carboxylic acids is 1. The summed E-state index contributed by atoms with van der Waals surface area (Å²) in [4.78, 5) is 30.7. The number of halogens is 1. The first-order chi connectivity index (χ1) is 9.08. The van der Waals surface area contributed by atoms with Crippen LogP contribution in [0, 0.1) is 0 Å². The molecule has 7 heteroatoms. The number of aromatic nitrogens is 2. The van der Waals surface area contributed by atoms with Crippen molar-refractivity contribution in [3.63, 3.8) is 0 Å². The Morgan fingerprint density at radius 2 is 2.00 bits per heavy atom. The van der Waals surface area contributed by atoms with Crippen LogP contribution in [0.25, 0.3) is 0 Å². The lowest BCUT2D eigenvalue weighted by molar-refractivity contribution is 0.0697. The predicted octanol–water partition coefficient (Wildman–Crippen LogP) is 2.19. The van der Waals surface area contributed by atoms with Crippen molar-refractivity contribution >= 4 is 33.6 Å². The second kappa shape index (κ2) is 5.57. The van der Waals surface area contributed by atoms with Crippen LogP contribution < -0.4 is 5.32 Å². The van der Waals surface area contributed by atoms with Crippen LogP contribution in [0.2, 0.25) is 0 Å². The Morgan fingerprint density at radius 1 is 1.21 bits per heavy atom. The smallest absolute Gasteiger partial charge is 0.339 e. The molecule has 0 radical (unpaired) electrons. The third-order valence-corrected chi connectivity index (χ3v) is 2.69. The number of hydrogen-bond acceptors (Lipinski definition) is 4. The molecular weight excluding hydrogens is 314 g/mol. The minimum absolute atomic E-state index is 0.00735. The summed E-state index contributed by atoms with van der Waals surface area (Å²) in [7, 11) is 0. The van der Waals surface area contributed by atoms with Gasteiger partial charge < -0.3 is 10.4 Å². The van der Waals surface area contributed by atoms with Gasteiger partial charge in [-0.25, -0.2) is 14.8 Å². The Labute approximate surface area is 116 Å². The van der Waals surface area contributed by atoms with Crippen molar-refractivity contribution in [1.29, 1.82) is 0 Å². The maximum Gasteiger partial charge on any atom is 0.339 e. The van der Waals surface area contributed by atoms with E-state index in [9.17, 15) is 9.59 Å². The number of carboxylic acids is 1. The van der Waals surface area contributed by atoms with E-state index in [-0.39, 0.29) is 11.4 Å². The molecule has 2 aromatic rings. The highest BCUT2D eigenvalue weighted by Crippen LogP contribution is 2.14. The van der Waals surface area contributed by atoms with Crippen LogP contribution in [0.4, 0.5) is 5.82 Å². The zero-order valence-electron chi connectivity index (χ0n) is 9.50. The van der Waals surface area contributed by atoms with Gasteiger partial charge in [0.05, 0.1) is 0 Å². The Morgan fingerprint density at radius 3 is 2.68 bits per heavy atom. The molecule has 96 valence electrons. The molecule has 2 N–H and O–H groups in total. The fourth-order valence-electron chi connectivity index (χ4n) is 1.40. The molecule has 0 saturated heterocycles. The summed E-state index contributed by atoms with van der Waals surface area (Å²) in [6.07, 6.45) is 2.88. The van der Waals surface area contributed by atoms with E-state index < -0.39 is 11.9 Å². The topological polar surface area (TPSA) is 92.2 Å². The lowest BCUT2D eigenvalue weighted by Crippen LogP contribution is -2.16. The van der Waals surface area contributed by atoms with E-state index in [1.54, 1.807) is 0 Å². The monoisotopic (exact) mass is 321 g/mol. The van der Waals surface area contributed by atoms with Gasteiger partial charge in [-0.2, -0.15) is 0 Å². The lowest BCUT2D eigenvalue weighted by Gasteiger charge is -2.07. The molecule has 0 aliphatic heterocycles. The first kappa shape index (κ1) is 13.2. The van der Waals surface area contributed by atoms with Gasteiger partial charge in [0.15, 0.2) is 0 Å². The normalized spacial score (nSPS) is 9.95. The van der Waals surface area contributed by atoms with Crippen molar-refractivity contribution in [1.82, 2.24) is 9.97 Å². The van der Waals surface area contributed by atoms with E-state index in [0.717, 1.165) is 0 Å². The van der Waals surface area contributed by atoms with E-state index in [4.69, 9.17) is 5.11 Å². The highest BCUT2D eigenvalue weighted by molar-refractivity contribution is 9.10. The number of anilines is 1. The molecule has 0 fully saturated rings. The first-order valence-electron chi connectivity index (χ1n) is 5.19. The number of amides is 1. The summed E-state index contributed by atoms with van der Waals surface area (Å²) < 4.78 is 0.514. The molecule has 0 aliphatic carbocycles. The molecular formula is C12H8BrN3O3. The predicted molar refractivity (Wildman–Crippen MR) is 71.1 cm³/mol. The number of carboxylic acid groups (broad SMARTS) is 1. The highest BCUT2D eigenvalue weighted by atomic mass is 79.9. The SMILES string of the molecule is O=C(Nc1ncccc1C(=O)O)c1ccnc(Br)c1. The molecule has 2 aromatic heterocycles. The number of aromatic carboxylic acids is 1. The summed E-state index contributed by atoms with van der Waals surface area (Å²) in [6.45, 7) is 0. The van der Waals surface area contributed by atoms with Crippen LogP contribution >= 0.6 is 15.9 Å². The maximum absolute atomic E-state index is 11.9. The molecule has 6 nitrogen and oxygen atoms in total. The quantitative estimate of drug-likeness (QED) is 0.845. The Kier molecular flexibility index (Phi) is 3.86. The molecule has 19 heavy (non-hydrogen) atoms. The third kappa shape index (κ3) is 3.14. The van der Waals surface area contributed by atoms with Gasteiger partial charge in [-0.15, -0.1) is 0 Å². The number of carbonyl (C=O) groups is 2. The molecule has 0 bridgehead atoms. The molecule has 2 heterocycles. The van der Waals surface area contributed by atoms with Crippen molar-refractivity contribution in [2.45, 2.75) is 0 Å². The number of nitrogens with one attached hydrogen (secondary N) is 1. The number of nitrogens with zero attached hydrogens (tertiary/aromatic N) is 2. The Balaban J connectivity index is 2.27. The summed E-state index contributed by atoms with van der Waals surface area (Å²) in [5.74, 6) is -1.60. The lowest BCUT2D eigenvalue weighted by atomic mass is 10.2. The van der Waals surface area contributed by atoms with Crippen LogP contribution in [0.3, 0.4) is 0 Å². The second-order valence-corrected chi connectivity index (χ2v) is 4.34. The van der Waals surface area contributed by atoms with Crippen LogP contribution in [-0.4, -0.2) is 27.0 Å². The largest absolute Gasteiger partial charge is 0.478 e. The van der Waals surface area contributed by atoms with Crippen molar-refractivity contribution in [3.05, 3.63) is 52.4 Å². The summed E-state index contributed by atoms with van der Waals surface area (Å²) in [6, 6.07) is 5.90. The molecule has 0 aromatic carbocycles. The Bertz CT molecular complexity index is 646. The van der Waals surface area contributed by atoms with Crippen LogP contribution in [0.1, 0.15) is 20.7 Å². The maximum atomic E-state index is 11.9. The molecule has 0 unspecified atom stereocenters. The minimum atomic E-state index is -1.15. The molecule has 0 atom stereocenters. The van der Waals surface area contributed by atoms with Crippen LogP contribution in [0.15, 0.2) is 41.3 Å². The first-order valence-corrected chi connectivity index (χ1v) is 5.98. The molecule has 0 spiro atoms. The average molecular weight is 322 g/mol. The van der Waals surface area contributed by atoms with Gasteiger partial charge in [-0.1, -0.05) is 0 Å². The number of rotatable bonds is 3. The van der Waals surface area contributed by atoms with E-state index in [2.05, 4.69) is 31.2 Å². The fraction of sp³-hybridized carbons (Fsp3) is 0. The number of hydrogen-bond donors (Lipinski definition) is 2. The van der Waals surface area contributed by atoms with Gasteiger partial charge >= 0.3 is 5.97 Å². The minimum Gasteiger partial charge on any atom is -0.478 e. The van der Waals surface area contributed by atoms with E-state index >= 15 is 0 Å². The summed E-state index contributed by atoms with van der Waals surface area (Å²) in [5, 5.41) is 11.4. The van der Waals surface area contributed by atoms with E-state index in [1.165, 1.54) is 36.7 Å².